The first kappa shape index (κ1) is 13.4. The molecule has 1 N–H and O–H groups in total. The van der Waals surface area contributed by atoms with E-state index >= 15 is 0 Å². The monoisotopic (exact) mass is 239 g/mol. The number of nitrogens with one attached hydrogen (secondary N) is 1. The number of hydrogen-bond donors (Lipinski definition) is 1. The van der Waals surface area contributed by atoms with Gasteiger partial charge < -0.3 is 5.32 Å². The summed E-state index contributed by atoms with van der Waals surface area (Å²) in [7, 11) is 0. The van der Waals surface area contributed by atoms with Crippen LogP contribution in [0, 0.1) is 10.8 Å². The second-order valence-electron chi connectivity index (χ2n) is 6.00. The molecule has 0 aliphatic rings. The minimum absolute atomic E-state index is 0.231. The Morgan fingerprint density at radius 3 is 2.25 bits per heavy atom. The fraction of sp³-hybridized carbons (Fsp3) is 0.571. The van der Waals surface area contributed by atoms with Crippen LogP contribution in [0.5, 0.6) is 0 Å². The van der Waals surface area contributed by atoms with Crippen LogP contribution in [0.4, 0.5) is 5.69 Å². The zero-order valence-corrected chi connectivity index (χ0v) is 11.7. The molecule has 0 spiro atoms. The van der Waals surface area contributed by atoms with Crippen molar-refractivity contribution in [3.05, 3.63) is 29.3 Å². The predicted octanol–water partition coefficient (Wildman–Crippen LogP) is 4.82. The molecule has 1 aromatic carbocycles. The lowest BCUT2D eigenvalue weighted by Crippen LogP contribution is -2.36. The molecule has 0 radical (unpaired) electrons. The van der Waals surface area contributed by atoms with Crippen LogP contribution in [0.25, 0.3) is 0 Å². The highest BCUT2D eigenvalue weighted by Crippen LogP contribution is 2.37. The van der Waals surface area contributed by atoms with E-state index in [9.17, 15) is 0 Å². The smallest absolute Gasteiger partial charge is 0.0426 e. The third-order valence-corrected chi connectivity index (χ3v) is 3.82. The van der Waals surface area contributed by atoms with E-state index < -0.39 is 0 Å². The van der Waals surface area contributed by atoms with Gasteiger partial charge in [-0.1, -0.05) is 52.3 Å². The SMILES string of the molecule is CC(C)(C)C(C)(C)CNc1cccc(Cl)c1. The van der Waals surface area contributed by atoms with Gasteiger partial charge in [-0.3, -0.25) is 0 Å². The van der Waals surface area contributed by atoms with Crippen molar-refractivity contribution in [2.45, 2.75) is 34.6 Å². The fourth-order valence-corrected chi connectivity index (χ4v) is 1.38. The first-order chi connectivity index (χ1) is 7.22. The topological polar surface area (TPSA) is 12.0 Å². The number of halogens is 1. The molecular formula is C14H22ClN. The van der Waals surface area contributed by atoms with Crippen LogP contribution in [0.3, 0.4) is 0 Å². The second kappa shape index (κ2) is 4.67. The molecule has 1 aromatic rings. The Kier molecular flexibility index (Phi) is 3.90. The van der Waals surface area contributed by atoms with E-state index in [1.807, 2.05) is 24.3 Å². The van der Waals surface area contributed by atoms with E-state index in [-0.39, 0.29) is 10.8 Å². The van der Waals surface area contributed by atoms with Crippen LogP contribution in [-0.4, -0.2) is 6.54 Å². The van der Waals surface area contributed by atoms with Gasteiger partial charge in [0.15, 0.2) is 0 Å². The van der Waals surface area contributed by atoms with E-state index in [1.165, 1.54) is 0 Å². The van der Waals surface area contributed by atoms with E-state index in [2.05, 4.69) is 39.9 Å². The summed E-state index contributed by atoms with van der Waals surface area (Å²) in [6.45, 7) is 12.3. The Morgan fingerprint density at radius 1 is 1.12 bits per heavy atom. The summed E-state index contributed by atoms with van der Waals surface area (Å²) >= 11 is 5.94. The van der Waals surface area contributed by atoms with Crippen LogP contribution in [0.2, 0.25) is 5.02 Å². The van der Waals surface area contributed by atoms with Gasteiger partial charge in [-0.05, 0) is 29.0 Å². The average molecular weight is 240 g/mol. The van der Waals surface area contributed by atoms with Gasteiger partial charge in [0.05, 0.1) is 0 Å². The molecule has 2 heteroatoms. The lowest BCUT2D eigenvalue weighted by Gasteiger charge is -2.39. The minimum Gasteiger partial charge on any atom is -0.384 e. The normalized spacial score (nSPS) is 12.6. The van der Waals surface area contributed by atoms with Gasteiger partial charge in [0.25, 0.3) is 0 Å². The van der Waals surface area contributed by atoms with Gasteiger partial charge in [-0.25, -0.2) is 0 Å². The van der Waals surface area contributed by atoms with Gasteiger partial charge in [0.2, 0.25) is 0 Å². The third kappa shape index (κ3) is 3.41. The molecule has 1 nitrogen and oxygen atoms in total. The molecule has 0 atom stereocenters. The zero-order valence-electron chi connectivity index (χ0n) is 10.9. The van der Waals surface area contributed by atoms with Crippen LogP contribution >= 0.6 is 11.6 Å². The van der Waals surface area contributed by atoms with Crippen molar-refractivity contribution in [2.24, 2.45) is 10.8 Å². The maximum absolute atomic E-state index is 5.94. The molecule has 0 aromatic heterocycles. The first-order valence-corrected chi connectivity index (χ1v) is 6.10. The average Bonchev–Trinajstić information content (AvgIpc) is 2.13. The van der Waals surface area contributed by atoms with Gasteiger partial charge in [-0.2, -0.15) is 0 Å². The van der Waals surface area contributed by atoms with Crippen molar-refractivity contribution in [2.75, 3.05) is 11.9 Å². The molecule has 1 rings (SSSR count). The minimum atomic E-state index is 0.231. The molecule has 0 aliphatic carbocycles. The quantitative estimate of drug-likeness (QED) is 0.797. The van der Waals surface area contributed by atoms with Gasteiger partial charge in [0, 0.05) is 17.3 Å². The van der Waals surface area contributed by atoms with Gasteiger partial charge >= 0.3 is 0 Å². The molecule has 0 aliphatic heterocycles. The predicted molar refractivity (Wildman–Crippen MR) is 73.2 cm³/mol. The molecule has 0 fully saturated rings. The molecule has 0 heterocycles. The van der Waals surface area contributed by atoms with E-state index in [0.29, 0.717) is 0 Å². The molecule has 16 heavy (non-hydrogen) atoms. The van der Waals surface area contributed by atoms with Crippen LogP contribution in [0.1, 0.15) is 34.6 Å². The Hall–Kier alpha value is -0.690. The highest BCUT2D eigenvalue weighted by Gasteiger charge is 2.32. The van der Waals surface area contributed by atoms with Crippen LogP contribution < -0.4 is 5.32 Å². The van der Waals surface area contributed by atoms with Crippen LogP contribution in [-0.2, 0) is 0 Å². The molecular weight excluding hydrogens is 218 g/mol. The van der Waals surface area contributed by atoms with Crippen molar-refractivity contribution in [3.8, 4) is 0 Å². The summed E-state index contributed by atoms with van der Waals surface area (Å²) in [5.41, 5.74) is 1.60. The highest BCUT2D eigenvalue weighted by molar-refractivity contribution is 6.30. The fourth-order valence-electron chi connectivity index (χ4n) is 1.19. The van der Waals surface area contributed by atoms with Crippen LogP contribution in [0.15, 0.2) is 24.3 Å². The maximum Gasteiger partial charge on any atom is 0.0426 e. The standard InChI is InChI=1S/C14H22ClN/c1-13(2,3)14(4,5)10-16-12-8-6-7-11(15)9-12/h6-9,16H,10H2,1-5H3. The Labute approximate surface area is 104 Å². The zero-order chi connectivity index (χ0) is 12.4. The number of anilines is 1. The summed E-state index contributed by atoms with van der Waals surface area (Å²) in [5, 5.41) is 4.22. The maximum atomic E-state index is 5.94. The number of hydrogen-bond acceptors (Lipinski definition) is 1. The summed E-state index contributed by atoms with van der Waals surface area (Å²) in [5.74, 6) is 0. The van der Waals surface area contributed by atoms with Gasteiger partial charge in [-0.15, -0.1) is 0 Å². The molecule has 0 unspecified atom stereocenters. The van der Waals surface area contributed by atoms with Crippen molar-refractivity contribution >= 4 is 17.3 Å². The lowest BCUT2D eigenvalue weighted by molar-refractivity contribution is 0.148. The Morgan fingerprint density at radius 2 is 1.75 bits per heavy atom. The molecule has 0 amide bonds. The number of rotatable bonds is 3. The lowest BCUT2D eigenvalue weighted by atomic mass is 9.69. The van der Waals surface area contributed by atoms with Crippen molar-refractivity contribution < 1.29 is 0 Å². The number of benzene rings is 1. The summed E-state index contributed by atoms with van der Waals surface area (Å²) in [6.07, 6.45) is 0. The van der Waals surface area contributed by atoms with E-state index in [0.717, 1.165) is 17.3 Å². The van der Waals surface area contributed by atoms with Gasteiger partial charge in [0.1, 0.15) is 0 Å². The second-order valence-corrected chi connectivity index (χ2v) is 6.43. The first-order valence-electron chi connectivity index (χ1n) is 5.72. The molecule has 90 valence electrons. The summed E-state index contributed by atoms with van der Waals surface area (Å²) in [4.78, 5) is 0. The Balaban J connectivity index is 2.65. The summed E-state index contributed by atoms with van der Waals surface area (Å²) in [6, 6.07) is 7.86. The summed E-state index contributed by atoms with van der Waals surface area (Å²) < 4.78 is 0. The molecule has 0 saturated heterocycles. The van der Waals surface area contributed by atoms with Crippen molar-refractivity contribution in [3.63, 3.8) is 0 Å². The van der Waals surface area contributed by atoms with Crippen molar-refractivity contribution in [1.82, 2.24) is 0 Å². The third-order valence-electron chi connectivity index (χ3n) is 3.59. The largest absolute Gasteiger partial charge is 0.384 e. The molecule has 0 saturated carbocycles. The van der Waals surface area contributed by atoms with E-state index in [1.54, 1.807) is 0 Å². The van der Waals surface area contributed by atoms with E-state index in [4.69, 9.17) is 11.6 Å². The Bertz CT molecular complexity index is 350. The highest BCUT2D eigenvalue weighted by atomic mass is 35.5. The molecule has 0 bridgehead atoms. The van der Waals surface area contributed by atoms with Crippen molar-refractivity contribution in [1.29, 1.82) is 0 Å².